The Hall–Kier alpha value is -2.10. The fraction of sp³-hybridized carbons (Fsp3) is 0.312. The van der Waals surface area contributed by atoms with Crippen LogP contribution in [0.5, 0.6) is 0 Å². The molecule has 0 amide bonds. The fourth-order valence-corrected chi connectivity index (χ4v) is 1.90. The molecular weight excluding hydrogens is 255 g/mol. The zero-order valence-corrected chi connectivity index (χ0v) is 11.6. The average molecular weight is 272 g/mol. The van der Waals surface area contributed by atoms with Gasteiger partial charge in [0.2, 0.25) is 5.95 Å². The first-order valence-electron chi connectivity index (χ1n) is 6.66. The molecule has 2 rings (SSSR count). The molecule has 104 valence electrons. The second-order valence-corrected chi connectivity index (χ2v) is 5.20. The predicted octanol–water partition coefficient (Wildman–Crippen LogP) is 3.68. The number of aryl methyl sites for hydroxylation is 1. The molecule has 2 heterocycles. The molecule has 0 N–H and O–H groups in total. The zero-order valence-electron chi connectivity index (χ0n) is 11.6. The number of carbonyl (C=O) groups excluding carboxylic acids is 1. The van der Waals surface area contributed by atoms with E-state index in [0.717, 1.165) is 18.3 Å². The lowest BCUT2D eigenvalue weighted by Crippen LogP contribution is -1.99. The molecule has 2 aromatic rings. The molecule has 4 heteroatoms. The van der Waals surface area contributed by atoms with Crippen molar-refractivity contribution in [2.24, 2.45) is 5.92 Å². The molecular formula is C16H17FN2O. The largest absolute Gasteiger partial charge is 0.298 e. The monoisotopic (exact) mass is 272 g/mol. The number of hydrogen-bond acceptors (Lipinski definition) is 3. The Bertz CT molecular complexity index is 594. The van der Waals surface area contributed by atoms with Crippen LogP contribution < -0.4 is 0 Å². The Morgan fingerprint density at radius 1 is 1.25 bits per heavy atom. The minimum atomic E-state index is -0.418. The lowest BCUT2D eigenvalue weighted by atomic mass is 10.0. The smallest absolute Gasteiger partial charge is 0.216 e. The van der Waals surface area contributed by atoms with Gasteiger partial charge in [-0.05, 0) is 37.0 Å². The van der Waals surface area contributed by atoms with Crippen molar-refractivity contribution >= 4 is 6.29 Å². The third-order valence-corrected chi connectivity index (χ3v) is 3.12. The van der Waals surface area contributed by atoms with Gasteiger partial charge < -0.3 is 0 Å². The van der Waals surface area contributed by atoms with E-state index in [-0.39, 0.29) is 0 Å². The number of nitrogens with zero attached hydrogens (tertiary/aromatic N) is 2. The normalized spacial score (nSPS) is 10.8. The molecule has 0 saturated carbocycles. The zero-order chi connectivity index (χ0) is 14.5. The van der Waals surface area contributed by atoms with Gasteiger partial charge in [0.15, 0.2) is 6.29 Å². The highest BCUT2D eigenvalue weighted by atomic mass is 19.1. The van der Waals surface area contributed by atoms with Gasteiger partial charge in [-0.3, -0.25) is 9.78 Å². The van der Waals surface area contributed by atoms with Crippen LogP contribution in [0.15, 0.2) is 30.6 Å². The van der Waals surface area contributed by atoms with E-state index in [0.29, 0.717) is 29.2 Å². The van der Waals surface area contributed by atoms with Gasteiger partial charge >= 0.3 is 0 Å². The molecule has 0 spiro atoms. The third kappa shape index (κ3) is 3.47. The van der Waals surface area contributed by atoms with Crippen LogP contribution >= 0.6 is 0 Å². The summed E-state index contributed by atoms with van der Waals surface area (Å²) < 4.78 is 13.7. The number of aromatic nitrogens is 2. The molecule has 0 aromatic carbocycles. The van der Waals surface area contributed by atoms with Crippen LogP contribution in [-0.4, -0.2) is 16.3 Å². The van der Waals surface area contributed by atoms with Crippen molar-refractivity contribution in [1.29, 1.82) is 0 Å². The topological polar surface area (TPSA) is 42.9 Å². The number of rotatable bonds is 5. The van der Waals surface area contributed by atoms with Crippen molar-refractivity contribution in [3.63, 3.8) is 0 Å². The molecule has 20 heavy (non-hydrogen) atoms. The summed E-state index contributed by atoms with van der Waals surface area (Å²) in [5.74, 6) is 0.0990. The maximum atomic E-state index is 13.7. The Labute approximate surface area is 117 Å². The van der Waals surface area contributed by atoms with Gasteiger partial charge in [0.1, 0.15) is 0 Å². The lowest BCUT2D eigenvalue weighted by Gasteiger charge is -2.07. The number of aldehydes is 1. The predicted molar refractivity (Wildman–Crippen MR) is 76.0 cm³/mol. The minimum absolute atomic E-state index is 0.418. The van der Waals surface area contributed by atoms with Crippen molar-refractivity contribution in [2.75, 3.05) is 0 Å². The summed E-state index contributed by atoms with van der Waals surface area (Å²) in [6.07, 6.45) is 5.29. The first kappa shape index (κ1) is 14.3. The number of carbonyl (C=O) groups is 1. The average Bonchev–Trinajstić information content (AvgIpc) is 2.46. The Kier molecular flexibility index (Phi) is 4.56. The van der Waals surface area contributed by atoms with Gasteiger partial charge in [-0.1, -0.05) is 13.8 Å². The fourth-order valence-electron chi connectivity index (χ4n) is 1.90. The van der Waals surface area contributed by atoms with Crippen molar-refractivity contribution < 1.29 is 9.18 Å². The molecule has 0 atom stereocenters. The van der Waals surface area contributed by atoms with E-state index in [2.05, 4.69) is 23.8 Å². The molecule has 0 aliphatic carbocycles. The summed E-state index contributed by atoms with van der Waals surface area (Å²) in [6, 6.07) is 5.21. The van der Waals surface area contributed by atoms with Crippen LogP contribution in [0.3, 0.4) is 0 Å². The summed E-state index contributed by atoms with van der Waals surface area (Å²) in [7, 11) is 0. The summed E-state index contributed by atoms with van der Waals surface area (Å²) in [5.41, 5.74) is 2.58. The Morgan fingerprint density at radius 3 is 2.65 bits per heavy atom. The quantitative estimate of drug-likeness (QED) is 0.616. The molecule has 0 aliphatic rings. The third-order valence-electron chi connectivity index (χ3n) is 3.12. The standard InChI is InChI=1S/C16H17FN2O/c1-11(2)3-5-13-7-14(9-19-16(13)17)15-6-4-12(10-20)8-18-15/h4,6-11H,3,5H2,1-2H3. The highest BCUT2D eigenvalue weighted by molar-refractivity contribution is 5.75. The molecule has 0 aliphatic heterocycles. The minimum Gasteiger partial charge on any atom is -0.298 e. The maximum absolute atomic E-state index is 13.7. The van der Waals surface area contributed by atoms with Crippen molar-refractivity contribution in [2.45, 2.75) is 26.7 Å². The molecule has 2 aromatic heterocycles. The summed E-state index contributed by atoms with van der Waals surface area (Å²) in [6.45, 7) is 4.21. The van der Waals surface area contributed by atoms with Crippen LogP contribution in [0.25, 0.3) is 11.3 Å². The molecule has 0 unspecified atom stereocenters. The van der Waals surface area contributed by atoms with Crippen LogP contribution in [0.2, 0.25) is 0 Å². The molecule has 0 radical (unpaired) electrons. The second kappa shape index (κ2) is 6.37. The van der Waals surface area contributed by atoms with E-state index in [1.165, 1.54) is 12.4 Å². The molecule has 0 saturated heterocycles. The van der Waals surface area contributed by atoms with Gasteiger partial charge in [-0.25, -0.2) is 4.98 Å². The number of halogens is 1. The summed E-state index contributed by atoms with van der Waals surface area (Å²) in [4.78, 5) is 18.6. The van der Waals surface area contributed by atoms with Gasteiger partial charge in [0.05, 0.1) is 5.69 Å². The number of pyridine rings is 2. The summed E-state index contributed by atoms with van der Waals surface area (Å²) >= 11 is 0. The van der Waals surface area contributed by atoms with Crippen LogP contribution in [-0.2, 0) is 6.42 Å². The number of hydrogen-bond donors (Lipinski definition) is 0. The van der Waals surface area contributed by atoms with Gasteiger partial charge in [-0.2, -0.15) is 4.39 Å². The van der Waals surface area contributed by atoms with E-state index < -0.39 is 5.95 Å². The Balaban J connectivity index is 2.27. The van der Waals surface area contributed by atoms with E-state index in [1.807, 2.05) is 0 Å². The van der Waals surface area contributed by atoms with E-state index >= 15 is 0 Å². The summed E-state index contributed by atoms with van der Waals surface area (Å²) in [5, 5.41) is 0. The van der Waals surface area contributed by atoms with E-state index in [4.69, 9.17) is 0 Å². The molecule has 3 nitrogen and oxygen atoms in total. The van der Waals surface area contributed by atoms with Crippen LogP contribution in [0.4, 0.5) is 4.39 Å². The van der Waals surface area contributed by atoms with Crippen LogP contribution in [0, 0.1) is 11.9 Å². The van der Waals surface area contributed by atoms with Gasteiger partial charge in [0.25, 0.3) is 0 Å². The molecule has 0 fully saturated rings. The van der Waals surface area contributed by atoms with E-state index in [9.17, 15) is 9.18 Å². The van der Waals surface area contributed by atoms with Crippen molar-refractivity contribution in [1.82, 2.24) is 9.97 Å². The van der Waals surface area contributed by atoms with Gasteiger partial charge in [0, 0.05) is 29.1 Å². The first-order valence-corrected chi connectivity index (χ1v) is 6.66. The SMILES string of the molecule is CC(C)CCc1cc(-c2ccc(C=O)cn2)cnc1F. The first-order chi connectivity index (χ1) is 9.60. The van der Waals surface area contributed by atoms with Gasteiger partial charge in [-0.15, -0.1) is 0 Å². The second-order valence-electron chi connectivity index (χ2n) is 5.20. The van der Waals surface area contributed by atoms with Crippen molar-refractivity contribution in [3.8, 4) is 11.3 Å². The maximum Gasteiger partial charge on any atom is 0.216 e. The highest BCUT2D eigenvalue weighted by Gasteiger charge is 2.08. The lowest BCUT2D eigenvalue weighted by molar-refractivity contribution is 0.112. The highest BCUT2D eigenvalue weighted by Crippen LogP contribution is 2.20. The van der Waals surface area contributed by atoms with Crippen molar-refractivity contribution in [3.05, 3.63) is 47.7 Å². The Morgan fingerprint density at radius 2 is 2.05 bits per heavy atom. The van der Waals surface area contributed by atoms with Crippen LogP contribution in [0.1, 0.15) is 36.2 Å². The molecule has 0 bridgehead atoms. The van der Waals surface area contributed by atoms with E-state index in [1.54, 1.807) is 18.2 Å².